The first-order valence-corrected chi connectivity index (χ1v) is 5.96. The normalized spacial score (nSPS) is 35.8. The third-order valence-electron chi connectivity index (χ3n) is 4.11. The van der Waals surface area contributed by atoms with Crippen molar-refractivity contribution in [3.8, 4) is 0 Å². The van der Waals surface area contributed by atoms with Gasteiger partial charge in [-0.15, -0.1) is 0 Å². The van der Waals surface area contributed by atoms with Gasteiger partial charge in [-0.3, -0.25) is 10.1 Å². The molecule has 3 rings (SSSR count). The Balaban J connectivity index is 2.04. The number of aliphatic carboxylic acids is 1. The van der Waals surface area contributed by atoms with Crippen molar-refractivity contribution >= 4 is 5.97 Å². The van der Waals surface area contributed by atoms with Crippen molar-refractivity contribution in [3.63, 3.8) is 0 Å². The smallest absolute Gasteiger partial charge is 0.324 e. The summed E-state index contributed by atoms with van der Waals surface area (Å²) in [6.45, 7) is 2.26. The molecule has 0 amide bonds. The summed E-state index contributed by atoms with van der Waals surface area (Å²) in [4.78, 5) is 11.6. The van der Waals surface area contributed by atoms with Gasteiger partial charge in [-0.25, -0.2) is 0 Å². The van der Waals surface area contributed by atoms with E-state index in [0.29, 0.717) is 13.0 Å². The van der Waals surface area contributed by atoms with Gasteiger partial charge in [0, 0.05) is 25.0 Å². The summed E-state index contributed by atoms with van der Waals surface area (Å²) in [5.74, 6) is -0.731. The van der Waals surface area contributed by atoms with Crippen LogP contribution >= 0.6 is 0 Å². The molecule has 2 atom stereocenters. The summed E-state index contributed by atoms with van der Waals surface area (Å²) >= 11 is 0. The first-order valence-electron chi connectivity index (χ1n) is 5.96. The summed E-state index contributed by atoms with van der Waals surface area (Å²) in [6, 6.07) is 9.96. The van der Waals surface area contributed by atoms with E-state index < -0.39 is 11.5 Å². The van der Waals surface area contributed by atoms with E-state index in [1.54, 1.807) is 0 Å². The Hall–Kier alpha value is -1.39. The maximum absolute atomic E-state index is 11.6. The maximum Gasteiger partial charge on any atom is 0.324 e. The van der Waals surface area contributed by atoms with Crippen molar-refractivity contribution in [2.75, 3.05) is 19.6 Å². The van der Waals surface area contributed by atoms with Crippen molar-refractivity contribution in [1.29, 1.82) is 0 Å². The summed E-state index contributed by atoms with van der Waals surface area (Å²) in [5, 5.41) is 16.0. The van der Waals surface area contributed by atoms with Crippen LogP contribution in [0.3, 0.4) is 0 Å². The van der Waals surface area contributed by atoms with Gasteiger partial charge in [0.15, 0.2) is 0 Å². The van der Waals surface area contributed by atoms with Crippen LogP contribution in [0.1, 0.15) is 12.0 Å². The lowest BCUT2D eigenvalue weighted by Gasteiger charge is -2.21. The van der Waals surface area contributed by atoms with Crippen molar-refractivity contribution < 1.29 is 9.90 Å². The van der Waals surface area contributed by atoms with Crippen molar-refractivity contribution in [2.45, 2.75) is 17.4 Å². The molecule has 1 saturated heterocycles. The highest BCUT2D eigenvalue weighted by atomic mass is 16.4. The number of rotatable bonds is 2. The van der Waals surface area contributed by atoms with E-state index in [2.05, 4.69) is 10.6 Å². The second-order valence-corrected chi connectivity index (χ2v) is 4.94. The van der Waals surface area contributed by atoms with Gasteiger partial charge in [0.05, 0.1) is 0 Å². The Labute approximate surface area is 100 Å². The van der Waals surface area contributed by atoms with Gasteiger partial charge in [0.2, 0.25) is 0 Å². The number of hydrogen-bond acceptors (Lipinski definition) is 3. The second-order valence-electron chi connectivity index (χ2n) is 4.94. The molecule has 4 heteroatoms. The van der Waals surface area contributed by atoms with Crippen molar-refractivity contribution in [1.82, 2.24) is 10.6 Å². The summed E-state index contributed by atoms with van der Waals surface area (Å²) < 4.78 is 0. The number of fused-ring (bicyclic) bond motifs is 1. The third kappa shape index (κ3) is 1.34. The topological polar surface area (TPSA) is 61.4 Å². The monoisotopic (exact) mass is 232 g/mol. The van der Waals surface area contributed by atoms with E-state index in [-0.39, 0.29) is 5.41 Å². The average molecular weight is 232 g/mol. The molecular weight excluding hydrogens is 216 g/mol. The first kappa shape index (κ1) is 10.7. The molecule has 0 aromatic heterocycles. The van der Waals surface area contributed by atoms with Crippen LogP contribution in [0, 0.1) is 0 Å². The molecule has 1 aliphatic carbocycles. The summed E-state index contributed by atoms with van der Waals surface area (Å²) in [6.07, 6.45) is 0.673. The Morgan fingerprint density at radius 3 is 2.71 bits per heavy atom. The Kier molecular flexibility index (Phi) is 2.24. The van der Waals surface area contributed by atoms with E-state index in [9.17, 15) is 9.90 Å². The fourth-order valence-corrected chi connectivity index (χ4v) is 3.08. The van der Waals surface area contributed by atoms with Gasteiger partial charge < -0.3 is 10.4 Å². The highest BCUT2D eigenvalue weighted by molar-refractivity contribution is 5.87. The Morgan fingerprint density at radius 2 is 2.00 bits per heavy atom. The third-order valence-corrected chi connectivity index (χ3v) is 4.11. The molecule has 2 aliphatic rings. The SMILES string of the molecule is O=C(O)C12CC1(c1ccccc1)CNCCN2. The summed E-state index contributed by atoms with van der Waals surface area (Å²) in [5.41, 5.74) is 0.0679. The lowest BCUT2D eigenvalue weighted by molar-refractivity contribution is -0.141. The molecule has 0 bridgehead atoms. The van der Waals surface area contributed by atoms with Gasteiger partial charge in [-0.05, 0) is 12.0 Å². The molecule has 17 heavy (non-hydrogen) atoms. The minimum absolute atomic E-state index is 0.281. The van der Waals surface area contributed by atoms with E-state index in [4.69, 9.17) is 0 Å². The van der Waals surface area contributed by atoms with E-state index >= 15 is 0 Å². The largest absolute Gasteiger partial charge is 0.480 e. The standard InChI is InChI=1S/C13H16N2O2/c16-11(17)13-8-12(13,9-14-6-7-15-13)10-4-2-1-3-5-10/h1-5,14-15H,6-9H2,(H,16,17). The molecule has 0 spiro atoms. The molecule has 0 radical (unpaired) electrons. The zero-order valence-corrected chi connectivity index (χ0v) is 9.57. The number of carboxylic acid groups (broad SMARTS) is 1. The van der Waals surface area contributed by atoms with E-state index in [0.717, 1.165) is 18.7 Å². The number of carbonyl (C=O) groups is 1. The second kappa shape index (κ2) is 3.55. The minimum atomic E-state index is -0.766. The van der Waals surface area contributed by atoms with Crippen LogP contribution in [-0.2, 0) is 10.2 Å². The molecule has 4 nitrogen and oxygen atoms in total. The molecule has 1 aromatic carbocycles. The van der Waals surface area contributed by atoms with Crippen LogP contribution in [0.5, 0.6) is 0 Å². The summed E-state index contributed by atoms with van der Waals surface area (Å²) in [7, 11) is 0. The average Bonchev–Trinajstić information content (AvgIpc) is 3.01. The number of hydrogen-bond donors (Lipinski definition) is 3. The fourth-order valence-electron chi connectivity index (χ4n) is 3.08. The van der Waals surface area contributed by atoms with Gasteiger partial charge in [-0.1, -0.05) is 30.3 Å². The van der Waals surface area contributed by atoms with Crippen molar-refractivity contribution in [3.05, 3.63) is 35.9 Å². The number of benzene rings is 1. The van der Waals surface area contributed by atoms with Crippen LogP contribution in [0.2, 0.25) is 0 Å². The van der Waals surface area contributed by atoms with Gasteiger partial charge in [0.25, 0.3) is 0 Å². The minimum Gasteiger partial charge on any atom is -0.480 e. The molecule has 2 fully saturated rings. The van der Waals surface area contributed by atoms with Crippen LogP contribution in [0.25, 0.3) is 0 Å². The quantitative estimate of drug-likeness (QED) is 0.688. The van der Waals surface area contributed by atoms with Gasteiger partial charge in [-0.2, -0.15) is 0 Å². The van der Waals surface area contributed by atoms with Gasteiger partial charge in [0.1, 0.15) is 5.54 Å². The van der Waals surface area contributed by atoms with Crippen molar-refractivity contribution in [2.24, 2.45) is 0 Å². The van der Waals surface area contributed by atoms with E-state index in [1.165, 1.54) is 0 Å². The maximum atomic E-state index is 11.6. The molecule has 1 saturated carbocycles. The van der Waals surface area contributed by atoms with Crippen LogP contribution in [0.4, 0.5) is 0 Å². The number of nitrogens with one attached hydrogen (secondary N) is 2. The van der Waals surface area contributed by atoms with Crippen LogP contribution in [0.15, 0.2) is 30.3 Å². The van der Waals surface area contributed by atoms with Crippen LogP contribution < -0.4 is 10.6 Å². The predicted molar refractivity (Wildman–Crippen MR) is 64.0 cm³/mol. The molecule has 3 N–H and O–H groups in total. The predicted octanol–water partition coefficient (Wildman–Crippen LogP) is 0.344. The Bertz CT molecular complexity index is 448. The molecule has 1 aliphatic heterocycles. The zero-order chi connectivity index (χ0) is 11.9. The lowest BCUT2D eigenvalue weighted by Crippen LogP contribution is -2.46. The fraction of sp³-hybridized carbons (Fsp3) is 0.462. The molecule has 1 heterocycles. The molecule has 90 valence electrons. The highest BCUT2D eigenvalue weighted by Gasteiger charge is 2.73. The van der Waals surface area contributed by atoms with Crippen LogP contribution in [-0.4, -0.2) is 36.2 Å². The molecular formula is C13H16N2O2. The zero-order valence-electron chi connectivity index (χ0n) is 9.57. The van der Waals surface area contributed by atoms with E-state index in [1.807, 2.05) is 30.3 Å². The Morgan fingerprint density at radius 1 is 1.24 bits per heavy atom. The first-order chi connectivity index (χ1) is 8.21. The molecule has 1 aromatic rings. The van der Waals surface area contributed by atoms with Gasteiger partial charge >= 0.3 is 5.97 Å². The lowest BCUT2D eigenvalue weighted by atomic mass is 9.90. The number of carboxylic acids is 1. The highest BCUT2D eigenvalue weighted by Crippen LogP contribution is 2.57. The molecule has 2 unspecified atom stereocenters.